The second-order valence-electron chi connectivity index (χ2n) is 4.90. The van der Waals surface area contributed by atoms with Crippen LogP contribution in [0.2, 0.25) is 0 Å². The van der Waals surface area contributed by atoms with E-state index in [2.05, 4.69) is 29.1 Å². The van der Waals surface area contributed by atoms with Crippen LogP contribution in [0.1, 0.15) is 39.5 Å². The van der Waals surface area contributed by atoms with E-state index in [4.69, 9.17) is 10.5 Å². The minimum absolute atomic E-state index is 0.0223. The number of nitrogens with two attached hydrogens (primary N) is 1. The van der Waals surface area contributed by atoms with Gasteiger partial charge >= 0.3 is 0 Å². The van der Waals surface area contributed by atoms with Crippen molar-refractivity contribution in [2.75, 3.05) is 17.7 Å². The second-order valence-corrected chi connectivity index (χ2v) is 4.90. The molecule has 1 aromatic heterocycles. The van der Waals surface area contributed by atoms with E-state index in [0.29, 0.717) is 11.9 Å². The lowest BCUT2D eigenvalue weighted by molar-refractivity contribution is -0.0864. The first kappa shape index (κ1) is 13.1. The molecule has 100 valence electrons. The first-order chi connectivity index (χ1) is 8.67. The van der Waals surface area contributed by atoms with Gasteiger partial charge in [-0.2, -0.15) is 0 Å². The monoisotopic (exact) mass is 250 g/mol. The summed E-state index contributed by atoms with van der Waals surface area (Å²) in [6.45, 7) is 5.18. The number of hydrogen-bond acceptors (Lipinski definition) is 5. The third kappa shape index (κ3) is 2.90. The molecule has 1 fully saturated rings. The van der Waals surface area contributed by atoms with Crippen molar-refractivity contribution in [3.8, 4) is 0 Å². The summed E-state index contributed by atoms with van der Waals surface area (Å²) < 4.78 is 5.96. The van der Waals surface area contributed by atoms with E-state index < -0.39 is 0 Å². The summed E-state index contributed by atoms with van der Waals surface area (Å²) in [7, 11) is 0. The fraction of sp³-hybridized carbons (Fsp3) is 0.692. The molecule has 0 bridgehead atoms. The van der Waals surface area contributed by atoms with Crippen LogP contribution < -0.4 is 11.1 Å². The average molecular weight is 250 g/mol. The van der Waals surface area contributed by atoms with Gasteiger partial charge in [-0.1, -0.05) is 13.8 Å². The molecule has 0 spiro atoms. The highest BCUT2D eigenvalue weighted by Crippen LogP contribution is 2.32. The zero-order valence-electron chi connectivity index (χ0n) is 11.1. The molecular formula is C13H22N4O. The number of rotatable bonds is 4. The maximum absolute atomic E-state index is 5.96. The summed E-state index contributed by atoms with van der Waals surface area (Å²) >= 11 is 0. The quantitative estimate of drug-likeness (QED) is 0.857. The SMILES string of the molecule is CCC1(CC)CC(Nc2cc(N)ncn2)CCO1. The number of nitrogens with one attached hydrogen (secondary N) is 1. The predicted molar refractivity (Wildman–Crippen MR) is 72.4 cm³/mol. The van der Waals surface area contributed by atoms with E-state index in [9.17, 15) is 0 Å². The van der Waals surface area contributed by atoms with Crippen molar-refractivity contribution >= 4 is 11.6 Å². The first-order valence-corrected chi connectivity index (χ1v) is 6.65. The second kappa shape index (κ2) is 5.52. The molecule has 2 rings (SSSR count). The Balaban J connectivity index is 2.01. The topological polar surface area (TPSA) is 73.1 Å². The molecule has 0 amide bonds. The first-order valence-electron chi connectivity index (χ1n) is 6.65. The lowest BCUT2D eigenvalue weighted by atomic mass is 9.86. The van der Waals surface area contributed by atoms with Crippen molar-refractivity contribution in [2.24, 2.45) is 0 Å². The summed E-state index contributed by atoms with van der Waals surface area (Å²) in [5.41, 5.74) is 5.68. The van der Waals surface area contributed by atoms with E-state index in [1.165, 1.54) is 6.33 Å². The molecule has 1 aromatic rings. The number of nitrogen functional groups attached to an aromatic ring is 1. The van der Waals surface area contributed by atoms with Gasteiger partial charge in [-0.05, 0) is 25.7 Å². The molecular weight excluding hydrogens is 228 g/mol. The summed E-state index contributed by atoms with van der Waals surface area (Å²) in [4.78, 5) is 8.09. The van der Waals surface area contributed by atoms with Crippen LogP contribution in [0.4, 0.5) is 11.6 Å². The summed E-state index contributed by atoms with van der Waals surface area (Å²) in [6.07, 6.45) is 5.61. The van der Waals surface area contributed by atoms with Gasteiger partial charge in [0.1, 0.15) is 18.0 Å². The molecule has 2 heterocycles. The third-order valence-electron chi connectivity index (χ3n) is 3.82. The molecule has 0 aliphatic carbocycles. The van der Waals surface area contributed by atoms with E-state index in [1.54, 1.807) is 6.07 Å². The van der Waals surface area contributed by atoms with Crippen molar-refractivity contribution in [1.29, 1.82) is 0 Å². The zero-order chi connectivity index (χ0) is 13.0. The van der Waals surface area contributed by atoms with Gasteiger partial charge in [-0.15, -0.1) is 0 Å². The lowest BCUT2D eigenvalue weighted by Gasteiger charge is -2.40. The fourth-order valence-corrected chi connectivity index (χ4v) is 2.55. The lowest BCUT2D eigenvalue weighted by Crippen LogP contribution is -2.43. The van der Waals surface area contributed by atoms with Gasteiger partial charge in [-0.3, -0.25) is 0 Å². The predicted octanol–water partition coefficient (Wildman–Crippen LogP) is 2.21. The molecule has 1 atom stereocenters. The molecule has 5 nitrogen and oxygen atoms in total. The van der Waals surface area contributed by atoms with Crippen molar-refractivity contribution in [3.63, 3.8) is 0 Å². The molecule has 1 aliphatic rings. The molecule has 1 unspecified atom stereocenters. The van der Waals surface area contributed by atoms with Crippen LogP contribution >= 0.6 is 0 Å². The maximum Gasteiger partial charge on any atom is 0.131 e. The van der Waals surface area contributed by atoms with Crippen LogP contribution in [0.3, 0.4) is 0 Å². The maximum atomic E-state index is 5.96. The van der Waals surface area contributed by atoms with Crippen LogP contribution in [-0.4, -0.2) is 28.2 Å². The highest BCUT2D eigenvalue weighted by Gasteiger charge is 2.34. The van der Waals surface area contributed by atoms with Crippen molar-refractivity contribution in [2.45, 2.75) is 51.2 Å². The Kier molecular flexibility index (Phi) is 4.01. The molecule has 1 saturated heterocycles. The molecule has 18 heavy (non-hydrogen) atoms. The number of aromatic nitrogens is 2. The zero-order valence-corrected chi connectivity index (χ0v) is 11.1. The smallest absolute Gasteiger partial charge is 0.131 e. The van der Waals surface area contributed by atoms with Gasteiger partial charge in [0.05, 0.1) is 5.60 Å². The molecule has 1 aliphatic heterocycles. The number of nitrogens with zero attached hydrogens (tertiary/aromatic N) is 2. The van der Waals surface area contributed by atoms with Gasteiger partial charge < -0.3 is 15.8 Å². The number of anilines is 2. The Hall–Kier alpha value is -1.36. The number of hydrogen-bond donors (Lipinski definition) is 2. The molecule has 0 saturated carbocycles. The molecule has 3 N–H and O–H groups in total. The van der Waals surface area contributed by atoms with Crippen LogP contribution in [0.5, 0.6) is 0 Å². The summed E-state index contributed by atoms with van der Waals surface area (Å²) in [5, 5.41) is 3.43. The Labute approximate surface area is 108 Å². The minimum Gasteiger partial charge on any atom is -0.384 e. The Bertz CT molecular complexity index is 392. The summed E-state index contributed by atoms with van der Waals surface area (Å²) in [5.74, 6) is 1.30. The molecule has 0 aromatic carbocycles. The Morgan fingerprint density at radius 1 is 1.44 bits per heavy atom. The van der Waals surface area contributed by atoms with Crippen LogP contribution in [0.25, 0.3) is 0 Å². The highest BCUT2D eigenvalue weighted by molar-refractivity contribution is 5.44. The average Bonchev–Trinajstić information content (AvgIpc) is 2.39. The molecule has 5 heteroatoms. The van der Waals surface area contributed by atoms with Gasteiger partial charge in [0, 0.05) is 18.7 Å². The van der Waals surface area contributed by atoms with Crippen LogP contribution in [0, 0.1) is 0 Å². The van der Waals surface area contributed by atoms with Gasteiger partial charge in [-0.25, -0.2) is 9.97 Å². The minimum atomic E-state index is 0.0223. The summed E-state index contributed by atoms with van der Waals surface area (Å²) in [6, 6.07) is 2.17. The normalized spacial score (nSPS) is 22.7. The van der Waals surface area contributed by atoms with E-state index in [0.717, 1.165) is 38.1 Å². The van der Waals surface area contributed by atoms with Crippen LogP contribution in [-0.2, 0) is 4.74 Å². The van der Waals surface area contributed by atoms with Crippen molar-refractivity contribution < 1.29 is 4.74 Å². The third-order valence-corrected chi connectivity index (χ3v) is 3.82. The van der Waals surface area contributed by atoms with Crippen molar-refractivity contribution in [3.05, 3.63) is 12.4 Å². The largest absolute Gasteiger partial charge is 0.384 e. The van der Waals surface area contributed by atoms with Crippen LogP contribution in [0.15, 0.2) is 12.4 Å². The van der Waals surface area contributed by atoms with E-state index >= 15 is 0 Å². The molecule has 0 radical (unpaired) electrons. The van der Waals surface area contributed by atoms with Gasteiger partial charge in [0.2, 0.25) is 0 Å². The van der Waals surface area contributed by atoms with Crippen molar-refractivity contribution in [1.82, 2.24) is 9.97 Å². The Morgan fingerprint density at radius 2 is 2.22 bits per heavy atom. The standard InChI is InChI=1S/C13H22N4O/c1-3-13(4-2)8-10(5-6-18-13)17-12-7-11(14)15-9-16-12/h7,9-10H,3-6,8H2,1-2H3,(H3,14,15,16,17). The van der Waals surface area contributed by atoms with Gasteiger partial charge in [0.15, 0.2) is 0 Å². The van der Waals surface area contributed by atoms with E-state index in [1.807, 2.05) is 0 Å². The fourth-order valence-electron chi connectivity index (χ4n) is 2.55. The van der Waals surface area contributed by atoms with Gasteiger partial charge in [0.25, 0.3) is 0 Å². The highest BCUT2D eigenvalue weighted by atomic mass is 16.5. The number of ether oxygens (including phenoxy) is 1. The Morgan fingerprint density at radius 3 is 2.89 bits per heavy atom. The van der Waals surface area contributed by atoms with E-state index in [-0.39, 0.29) is 5.60 Å².